The van der Waals surface area contributed by atoms with Gasteiger partial charge in [0.2, 0.25) is 10.0 Å². The number of halogens is 1. The fourth-order valence-electron chi connectivity index (χ4n) is 1.41. The second-order valence-corrected chi connectivity index (χ2v) is 6.06. The molecule has 6 heteroatoms. The standard InChI is InChI=1S/C10H9BrN2O2S/c1-16(14,15)13-10-4-5-12-9-3-2-7(11)6-8(9)10/h2-6H,1H3,(H,12,13). The highest BCUT2D eigenvalue weighted by Gasteiger charge is 2.06. The Morgan fingerprint density at radius 1 is 1.31 bits per heavy atom. The minimum absolute atomic E-state index is 0.536. The summed E-state index contributed by atoms with van der Waals surface area (Å²) in [4.78, 5) is 4.16. The molecule has 84 valence electrons. The van der Waals surface area contributed by atoms with Gasteiger partial charge in [0.25, 0.3) is 0 Å². The zero-order valence-corrected chi connectivity index (χ0v) is 10.8. The van der Waals surface area contributed by atoms with Crippen LogP contribution in [-0.4, -0.2) is 19.7 Å². The number of sulfonamides is 1. The molecule has 1 heterocycles. The summed E-state index contributed by atoms with van der Waals surface area (Å²) in [7, 11) is -3.27. The van der Waals surface area contributed by atoms with E-state index < -0.39 is 10.0 Å². The van der Waals surface area contributed by atoms with Gasteiger partial charge in [-0.3, -0.25) is 9.71 Å². The summed E-state index contributed by atoms with van der Waals surface area (Å²) in [5, 5.41) is 0.766. The van der Waals surface area contributed by atoms with Crippen molar-refractivity contribution < 1.29 is 8.42 Å². The molecule has 4 nitrogen and oxygen atoms in total. The van der Waals surface area contributed by atoms with Crippen LogP contribution in [0.1, 0.15) is 0 Å². The zero-order valence-electron chi connectivity index (χ0n) is 8.44. The minimum Gasteiger partial charge on any atom is -0.283 e. The van der Waals surface area contributed by atoms with Crippen molar-refractivity contribution in [1.82, 2.24) is 4.98 Å². The molecule has 0 saturated heterocycles. The number of anilines is 1. The topological polar surface area (TPSA) is 59.1 Å². The van der Waals surface area contributed by atoms with Crippen molar-refractivity contribution >= 4 is 42.5 Å². The first-order chi connectivity index (χ1) is 7.46. The molecular formula is C10H9BrN2O2S. The predicted octanol–water partition coefficient (Wildman–Crippen LogP) is 2.37. The molecule has 16 heavy (non-hydrogen) atoms. The number of pyridine rings is 1. The van der Waals surface area contributed by atoms with E-state index in [2.05, 4.69) is 25.6 Å². The number of rotatable bonds is 2. The molecule has 0 amide bonds. The van der Waals surface area contributed by atoms with Crippen LogP contribution in [0.25, 0.3) is 10.9 Å². The Bertz CT molecular complexity index is 640. The lowest BCUT2D eigenvalue weighted by Crippen LogP contribution is -2.09. The van der Waals surface area contributed by atoms with Gasteiger partial charge in [0.05, 0.1) is 17.5 Å². The van der Waals surface area contributed by atoms with Crippen LogP contribution < -0.4 is 4.72 Å². The monoisotopic (exact) mass is 300 g/mol. The number of aromatic nitrogens is 1. The summed E-state index contributed by atoms with van der Waals surface area (Å²) in [6.07, 6.45) is 2.70. The van der Waals surface area contributed by atoms with E-state index in [1.54, 1.807) is 12.3 Å². The number of fused-ring (bicyclic) bond motifs is 1. The highest BCUT2D eigenvalue weighted by molar-refractivity contribution is 9.10. The lowest BCUT2D eigenvalue weighted by atomic mass is 10.2. The molecule has 2 rings (SSSR count). The van der Waals surface area contributed by atoms with Crippen molar-refractivity contribution in [3.05, 3.63) is 34.9 Å². The number of nitrogens with zero attached hydrogens (tertiary/aromatic N) is 1. The number of hydrogen-bond acceptors (Lipinski definition) is 3. The third-order valence-electron chi connectivity index (χ3n) is 2.00. The van der Waals surface area contributed by atoms with Crippen molar-refractivity contribution in [2.75, 3.05) is 11.0 Å². The molecule has 2 aromatic rings. The van der Waals surface area contributed by atoms with E-state index in [0.717, 1.165) is 21.6 Å². The molecule has 1 aromatic carbocycles. The fraction of sp³-hybridized carbons (Fsp3) is 0.100. The molecular weight excluding hydrogens is 292 g/mol. The Morgan fingerprint density at radius 2 is 2.06 bits per heavy atom. The highest BCUT2D eigenvalue weighted by atomic mass is 79.9. The molecule has 0 fully saturated rings. The number of benzene rings is 1. The summed E-state index contributed by atoms with van der Waals surface area (Å²) < 4.78 is 25.7. The first kappa shape index (κ1) is 11.3. The van der Waals surface area contributed by atoms with Gasteiger partial charge in [0.1, 0.15) is 0 Å². The summed E-state index contributed by atoms with van der Waals surface area (Å²) in [6, 6.07) is 7.15. The van der Waals surface area contributed by atoms with E-state index >= 15 is 0 Å². The van der Waals surface area contributed by atoms with Crippen LogP contribution in [0.3, 0.4) is 0 Å². The normalized spacial score (nSPS) is 11.6. The van der Waals surface area contributed by atoms with Gasteiger partial charge in [0.15, 0.2) is 0 Å². The van der Waals surface area contributed by atoms with Crippen LogP contribution in [0, 0.1) is 0 Å². The molecule has 1 N–H and O–H groups in total. The third-order valence-corrected chi connectivity index (χ3v) is 3.08. The van der Waals surface area contributed by atoms with Crippen LogP contribution in [0.15, 0.2) is 34.9 Å². The maximum absolute atomic E-state index is 11.2. The van der Waals surface area contributed by atoms with Crippen molar-refractivity contribution in [3.8, 4) is 0 Å². The minimum atomic E-state index is -3.27. The van der Waals surface area contributed by atoms with E-state index in [1.807, 2.05) is 18.2 Å². The Labute approximate surface area is 102 Å². The summed E-state index contributed by atoms with van der Waals surface area (Å²) in [5.74, 6) is 0. The smallest absolute Gasteiger partial charge is 0.229 e. The average Bonchev–Trinajstić information content (AvgIpc) is 2.17. The third kappa shape index (κ3) is 2.51. The largest absolute Gasteiger partial charge is 0.283 e. The quantitative estimate of drug-likeness (QED) is 0.926. The fourth-order valence-corrected chi connectivity index (χ4v) is 2.35. The number of hydrogen-bond donors (Lipinski definition) is 1. The van der Waals surface area contributed by atoms with Gasteiger partial charge in [-0.05, 0) is 24.3 Å². The molecule has 0 atom stereocenters. The van der Waals surface area contributed by atoms with E-state index in [4.69, 9.17) is 0 Å². The second-order valence-electron chi connectivity index (χ2n) is 3.39. The molecule has 0 aliphatic rings. The molecule has 0 aliphatic heterocycles. The first-order valence-electron chi connectivity index (χ1n) is 4.48. The van der Waals surface area contributed by atoms with Crippen LogP contribution in [0.2, 0.25) is 0 Å². The summed E-state index contributed by atoms with van der Waals surface area (Å²) in [5.41, 5.74) is 1.28. The second kappa shape index (κ2) is 4.03. The molecule has 0 bridgehead atoms. The van der Waals surface area contributed by atoms with Gasteiger partial charge < -0.3 is 0 Å². The van der Waals surface area contributed by atoms with Gasteiger partial charge >= 0.3 is 0 Å². The average molecular weight is 301 g/mol. The maximum atomic E-state index is 11.2. The Morgan fingerprint density at radius 3 is 2.75 bits per heavy atom. The van der Waals surface area contributed by atoms with Crippen LogP contribution in [-0.2, 0) is 10.0 Å². The maximum Gasteiger partial charge on any atom is 0.229 e. The zero-order chi connectivity index (χ0) is 11.8. The SMILES string of the molecule is CS(=O)(=O)Nc1ccnc2ccc(Br)cc12. The Kier molecular flexibility index (Phi) is 2.86. The lowest BCUT2D eigenvalue weighted by molar-refractivity contribution is 0.607. The van der Waals surface area contributed by atoms with Gasteiger partial charge in [-0.15, -0.1) is 0 Å². The molecule has 0 unspecified atom stereocenters. The molecule has 0 radical (unpaired) electrons. The predicted molar refractivity (Wildman–Crippen MR) is 67.9 cm³/mol. The first-order valence-corrected chi connectivity index (χ1v) is 7.16. The molecule has 0 saturated carbocycles. The Hall–Kier alpha value is -1.14. The van der Waals surface area contributed by atoms with Gasteiger partial charge in [-0.1, -0.05) is 15.9 Å². The molecule has 0 spiro atoms. The number of nitrogens with one attached hydrogen (secondary N) is 1. The molecule has 0 aliphatic carbocycles. The highest BCUT2D eigenvalue weighted by Crippen LogP contribution is 2.25. The van der Waals surface area contributed by atoms with Crippen LogP contribution in [0.4, 0.5) is 5.69 Å². The van der Waals surface area contributed by atoms with E-state index in [1.165, 1.54) is 0 Å². The van der Waals surface area contributed by atoms with Crippen LogP contribution >= 0.6 is 15.9 Å². The van der Waals surface area contributed by atoms with Crippen LogP contribution in [0.5, 0.6) is 0 Å². The van der Waals surface area contributed by atoms with Crippen molar-refractivity contribution in [1.29, 1.82) is 0 Å². The van der Waals surface area contributed by atoms with E-state index in [0.29, 0.717) is 5.69 Å². The van der Waals surface area contributed by atoms with Crippen molar-refractivity contribution in [2.24, 2.45) is 0 Å². The van der Waals surface area contributed by atoms with E-state index in [-0.39, 0.29) is 0 Å². The Balaban J connectivity index is 2.65. The van der Waals surface area contributed by atoms with Gasteiger partial charge in [-0.25, -0.2) is 8.42 Å². The summed E-state index contributed by atoms with van der Waals surface area (Å²) >= 11 is 3.34. The van der Waals surface area contributed by atoms with Crippen molar-refractivity contribution in [2.45, 2.75) is 0 Å². The molecule has 1 aromatic heterocycles. The lowest BCUT2D eigenvalue weighted by Gasteiger charge is -2.07. The van der Waals surface area contributed by atoms with E-state index in [9.17, 15) is 8.42 Å². The summed E-state index contributed by atoms with van der Waals surface area (Å²) in [6.45, 7) is 0. The van der Waals surface area contributed by atoms with Gasteiger partial charge in [-0.2, -0.15) is 0 Å². The van der Waals surface area contributed by atoms with Gasteiger partial charge in [0, 0.05) is 16.1 Å². The van der Waals surface area contributed by atoms with Crippen molar-refractivity contribution in [3.63, 3.8) is 0 Å².